The van der Waals surface area contributed by atoms with Crippen LogP contribution >= 0.6 is 45.5 Å². The minimum atomic E-state index is -0.174. The van der Waals surface area contributed by atoms with E-state index in [2.05, 4.69) is 27.6 Å². The molecule has 5 nitrogen and oxygen atoms in total. The van der Waals surface area contributed by atoms with Gasteiger partial charge in [-0.1, -0.05) is 41.9 Å². The molecular weight excluding hydrogens is 473 g/mol. The van der Waals surface area contributed by atoms with E-state index >= 15 is 0 Å². The lowest BCUT2D eigenvalue weighted by Crippen LogP contribution is -2.44. The lowest BCUT2D eigenvalue weighted by Gasteiger charge is -2.12. The summed E-state index contributed by atoms with van der Waals surface area (Å²) in [5, 5.41) is 10.8. The minimum Gasteiger partial charge on any atom is -0.477 e. The van der Waals surface area contributed by atoms with Gasteiger partial charge >= 0.3 is 5.56 Å². The van der Waals surface area contributed by atoms with Gasteiger partial charge < -0.3 is 5.11 Å². The summed E-state index contributed by atoms with van der Waals surface area (Å²) in [6.45, 7) is 0. The van der Waals surface area contributed by atoms with Gasteiger partial charge in [-0.25, -0.2) is 9.78 Å². The molecule has 0 aliphatic carbocycles. The number of aromatic hydroxyl groups is 1. The highest BCUT2D eigenvalue weighted by Crippen LogP contribution is 2.35. The van der Waals surface area contributed by atoms with Crippen molar-refractivity contribution >= 4 is 45.5 Å². The lowest BCUT2D eigenvalue weighted by molar-refractivity contribution is -0.687. The van der Waals surface area contributed by atoms with Gasteiger partial charge in [0.1, 0.15) is 10.6 Å². The van der Waals surface area contributed by atoms with Crippen molar-refractivity contribution in [3.63, 3.8) is 0 Å². The van der Waals surface area contributed by atoms with Crippen LogP contribution in [0.15, 0.2) is 41.3 Å². The zero-order valence-electron chi connectivity index (χ0n) is 13.0. The van der Waals surface area contributed by atoms with Crippen LogP contribution in [0, 0.1) is 0 Å². The second-order valence-electron chi connectivity index (χ2n) is 5.77. The first-order chi connectivity index (χ1) is 12.1. The number of halogens is 2. The van der Waals surface area contributed by atoms with E-state index < -0.39 is 0 Å². The highest BCUT2D eigenvalue weighted by atomic mass is 127. The van der Waals surface area contributed by atoms with Gasteiger partial charge in [0.2, 0.25) is 0 Å². The third-order valence-corrected chi connectivity index (χ3v) is 6.36. The molecule has 3 heterocycles. The van der Waals surface area contributed by atoms with Crippen LogP contribution in [0.2, 0.25) is 4.47 Å². The molecule has 3 aromatic rings. The second-order valence-corrected chi connectivity index (χ2v) is 8.10. The molecule has 1 aromatic carbocycles. The maximum atomic E-state index is 13.3. The fourth-order valence-electron chi connectivity index (χ4n) is 3.36. The summed E-state index contributed by atoms with van der Waals surface area (Å²) in [4.78, 5) is 18.4. The SMILES string of the molecule is O=c1c(-c2ccccc2)c(O)[n+](CI)c2n1C(c1cnc(Cl)s1)CC2. The summed E-state index contributed by atoms with van der Waals surface area (Å²) in [5.41, 5.74) is 0.877. The van der Waals surface area contributed by atoms with E-state index in [0.29, 0.717) is 20.1 Å². The number of alkyl halides is 1. The molecule has 0 saturated carbocycles. The van der Waals surface area contributed by atoms with Crippen LogP contribution in [0.25, 0.3) is 11.1 Å². The Bertz CT molecular complexity index is 1000. The van der Waals surface area contributed by atoms with Crippen LogP contribution in [0.3, 0.4) is 0 Å². The Kier molecular flexibility index (Phi) is 4.55. The van der Waals surface area contributed by atoms with Crippen molar-refractivity contribution in [2.45, 2.75) is 23.4 Å². The fraction of sp³-hybridized carbons (Fsp3) is 0.235. The normalized spacial score (nSPS) is 16.2. The van der Waals surface area contributed by atoms with Gasteiger partial charge in [0.25, 0.3) is 11.7 Å². The molecule has 1 aliphatic rings. The average Bonchev–Trinajstić information content (AvgIpc) is 3.23. The first-order valence-corrected chi connectivity index (χ1v) is 10.5. The molecule has 2 aromatic heterocycles. The zero-order chi connectivity index (χ0) is 17.6. The highest BCUT2D eigenvalue weighted by molar-refractivity contribution is 14.1. The van der Waals surface area contributed by atoms with Gasteiger partial charge in [0, 0.05) is 12.6 Å². The first-order valence-electron chi connectivity index (χ1n) is 7.74. The van der Waals surface area contributed by atoms with Crippen molar-refractivity contribution < 1.29 is 9.67 Å². The van der Waals surface area contributed by atoms with Crippen LogP contribution in [0.5, 0.6) is 5.88 Å². The van der Waals surface area contributed by atoms with Gasteiger partial charge in [-0.15, -0.1) is 11.3 Å². The average molecular weight is 487 g/mol. The quantitative estimate of drug-likeness (QED) is 0.350. The van der Waals surface area contributed by atoms with Gasteiger partial charge in [-0.05, 0) is 28.2 Å². The Labute approximate surface area is 166 Å². The predicted molar refractivity (Wildman–Crippen MR) is 106 cm³/mol. The van der Waals surface area contributed by atoms with E-state index in [0.717, 1.165) is 23.5 Å². The van der Waals surface area contributed by atoms with Crippen molar-refractivity contribution in [3.05, 3.63) is 62.1 Å². The van der Waals surface area contributed by atoms with E-state index in [4.69, 9.17) is 11.6 Å². The van der Waals surface area contributed by atoms with Crippen molar-refractivity contribution in [1.29, 1.82) is 0 Å². The third kappa shape index (κ3) is 2.78. The molecule has 8 heteroatoms. The van der Waals surface area contributed by atoms with Crippen LogP contribution < -0.4 is 10.1 Å². The van der Waals surface area contributed by atoms with E-state index in [1.165, 1.54) is 11.3 Å². The van der Waals surface area contributed by atoms with Gasteiger partial charge in [-0.3, -0.25) is 0 Å². The largest absolute Gasteiger partial charge is 0.477 e. The molecule has 0 amide bonds. The van der Waals surface area contributed by atoms with Crippen LogP contribution in [-0.4, -0.2) is 14.7 Å². The fourth-order valence-corrected chi connectivity index (χ4v) is 5.16. The smallest absolute Gasteiger partial charge is 0.349 e. The number of benzene rings is 1. The number of nitrogens with zero attached hydrogens (tertiary/aromatic N) is 3. The predicted octanol–water partition coefficient (Wildman–Crippen LogP) is 3.55. The van der Waals surface area contributed by atoms with Crippen LogP contribution in [-0.2, 0) is 11.0 Å². The summed E-state index contributed by atoms with van der Waals surface area (Å²) in [6, 6.07) is 9.20. The molecule has 4 rings (SSSR count). The highest BCUT2D eigenvalue weighted by Gasteiger charge is 2.39. The monoisotopic (exact) mass is 486 g/mol. The second kappa shape index (κ2) is 6.69. The van der Waals surface area contributed by atoms with Crippen molar-refractivity contribution in [2.75, 3.05) is 0 Å². The van der Waals surface area contributed by atoms with Crippen molar-refractivity contribution in [2.24, 2.45) is 0 Å². The number of fused-ring (bicyclic) bond motifs is 1. The van der Waals surface area contributed by atoms with Crippen LogP contribution in [0.4, 0.5) is 0 Å². The Morgan fingerprint density at radius 2 is 2.16 bits per heavy atom. The Morgan fingerprint density at radius 1 is 1.40 bits per heavy atom. The Hall–Kier alpha value is -1.45. The summed E-state index contributed by atoms with van der Waals surface area (Å²) in [6.07, 6.45) is 3.26. The Morgan fingerprint density at radius 3 is 2.80 bits per heavy atom. The van der Waals surface area contributed by atoms with Crippen molar-refractivity contribution in [1.82, 2.24) is 9.55 Å². The minimum absolute atomic E-state index is 0.0276. The number of thiazole rings is 1. The maximum Gasteiger partial charge on any atom is 0.349 e. The molecule has 1 N–H and O–H groups in total. The molecular formula is C17H14ClIN3O2S+. The third-order valence-electron chi connectivity index (χ3n) is 4.46. The maximum absolute atomic E-state index is 13.3. The molecule has 0 saturated heterocycles. The summed E-state index contributed by atoms with van der Waals surface area (Å²) in [7, 11) is 0. The zero-order valence-corrected chi connectivity index (χ0v) is 16.8. The van der Waals surface area contributed by atoms with Gasteiger partial charge in [0.15, 0.2) is 10.0 Å². The summed E-state index contributed by atoms with van der Waals surface area (Å²) >= 11 is 9.59. The van der Waals surface area contributed by atoms with Gasteiger partial charge in [-0.2, -0.15) is 9.13 Å². The number of hydrogen-bond donors (Lipinski definition) is 1. The van der Waals surface area contributed by atoms with E-state index in [1.807, 2.05) is 34.9 Å². The molecule has 128 valence electrons. The van der Waals surface area contributed by atoms with E-state index in [9.17, 15) is 9.90 Å². The summed E-state index contributed by atoms with van der Waals surface area (Å²) < 4.78 is 4.65. The van der Waals surface area contributed by atoms with Crippen LogP contribution in [0.1, 0.15) is 23.2 Å². The Balaban J connectivity index is 1.99. The molecule has 0 spiro atoms. The molecule has 1 aliphatic heterocycles. The number of rotatable bonds is 3. The number of hydrogen-bond acceptors (Lipinski definition) is 4. The number of aromatic nitrogens is 3. The first kappa shape index (κ1) is 17.0. The van der Waals surface area contributed by atoms with Gasteiger partial charge in [0.05, 0.1) is 11.3 Å². The van der Waals surface area contributed by atoms with Crippen molar-refractivity contribution in [3.8, 4) is 17.0 Å². The molecule has 0 radical (unpaired) electrons. The summed E-state index contributed by atoms with van der Waals surface area (Å²) in [5.74, 6) is 0.867. The molecule has 0 bridgehead atoms. The van der Waals surface area contributed by atoms with E-state index in [-0.39, 0.29) is 17.5 Å². The topological polar surface area (TPSA) is 59.0 Å². The molecule has 1 atom stereocenters. The lowest BCUT2D eigenvalue weighted by atomic mass is 10.1. The molecule has 1 unspecified atom stereocenters. The molecule has 0 fully saturated rings. The molecule has 25 heavy (non-hydrogen) atoms. The standard InChI is InChI=1S/C17H13ClIN3O2S/c18-17-20-8-12(25-17)11-6-7-13-21(9-19)15(23)14(16(24)22(11)13)10-4-2-1-3-5-10/h1-5,8,11H,6-7,9H2/p+1. The van der Waals surface area contributed by atoms with E-state index in [1.54, 1.807) is 10.8 Å².